The molecule has 0 aliphatic carbocycles. The van der Waals surface area contributed by atoms with Crippen molar-refractivity contribution in [1.82, 2.24) is 20.3 Å². The number of aryl methyl sites for hydroxylation is 1. The third kappa shape index (κ3) is 6.65. The molecule has 1 atom stereocenters. The van der Waals surface area contributed by atoms with Gasteiger partial charge in [0.2, 0.25) is 5.91 Å². The molecule has 0 spiro atoms. The normalized spacial score (nSPS) is 12.6. The zero-order valence-corrected chi connectivity index (χ0v) is 12.6. The maximum absolute atomic E-state index is 11.8. The first-order valence-electron chi connectivity index (χ1n) is 7.44. The molecular formula is C14H27N5O. The van der Waals surface area contributed by atoms with E-state index in [9.17, 15) is 4.79 Å². The summed E-state index contributed by atoms with van der Waals surface area (Å²) >= 11 is 0. The number of nitrogens with one attached hydrogen (secondary N) is 1. The third-order valence-electron chi connectivity index (χ3n) is 3.58. The van der Waals surface area contributed by atoms with E-state index in [1.807, 2.05) is 6.20 Å². The van der Waals surface area contributed by atoms with Gasteiger partial charge >= 0.3 is 0 Å². The zero-order valence-electron chi connectivity index (χ0n) is 12.6. The maximum atomic E-state index is 11.8. The Morgan fingerprint density at radius 1 is 1.40 bits per heavy atom. The highest BCUT2D eigenvalue weighted by atomic mass is 16.1. The smallest absolute Gasteiger partial charge is 0.220 e. The summed E-state index contributed by atoms with van der Waals surface area (Å²) in [6.07, 6.45) is 6.85. The van der Waals surface area contributed by atoms with Crippen LogP contribution in [-0.4, -0.2) is 34.0 Å². The molecule has 6 heteroatoms. The van der Waals surface area contributed by atoms with E-state index in [-0.39, 0.29) is 5.91 Å². The van der Waals surface area contributed by atoms with Gasteiger partial charge in [-0.05, 0) is 37.6 Å². The van der Waals surface area contributed by atoms with Crippen molar-refractivity contribution in [3.05, 3.63) is 12.4 Å². The molecule has 1 heterocycles. The molecule has 1 unspecified atom stereocenters. The van der Waals surface area contributed by atoms with Crippen LogP contribution >= 0.6 is 0 Å². The van der Waals surface area contributed by atoms with Crippen LogP contribution in [0.1, 0.15) is 39.5 Å². The molecule has 3 N–H and O–H groups in total. The lowest BCUT2D eigenvalue weighted by molar-refractivity contribution is -0.121. The highest BCUT2D eigenvalue weighted by molar-refractivity contribution is 5.75. The van der Waals surface area contributed by atoms with Gasteiger partial charge in [0.25, 0.3) is 0 Å². The first-order chi connectivity index (χ1) is 9.63. The van der Waals surface area contributed by atoms with Gasteiger partial charge in [-0.3, -0.25) is 9.48 Å². The second-order valence-electron chi connectivity index (χ2n) is 5.49. The predicted octanol–water partition coefficient (Wildman–Crippen LogP) is 1.19. The van der Waals surface area contributed by atoms with Crippen LogP contribution in [0.25, 0.3) is 0 Å². The van der Waals surface area contributed by atoms with E-state index < -0.39 is 0 Å². The minimum Gasteiger partial charge on any atom is -0.356 e. The van der Waals surface area contributed by atoms with Crippen LogP contribution in [-0.2, 0) is 11.3 Å². The summed E-state index contributed by atoms with van der Waals surface area (Å²) in [6, 6.07) is 0. The average Bonchev–Trinajstić information content (AvgIpc) is 2.92. The minimum atomic E-state index is 0.131. The summed E-state index contributed by atoms with van der Waals surface area (Å²) < 4.78 is 1.77. The summed E-state index contributed by atoms with van der Waals surface area (Å²) in [4.78, 5) is 11.8. The van der Waals surface area contributed by atoms with Crippen molar-refractivity contribution in [2.24, 2.45) is 17.6 Å². The molecule has 0 bridgehead atoms. The molecule has 6 nitrogen and oxygen atoms in total. The van der Waals surface area contributed by atoms with Gasteiger partial charge in [-0.2, -0.15) is 0 Å². The van der Waals surface area contributed by atoms with E-state index in [1.165, 1.54) is 0 Å². The van der Waals surface area contributed by atoms with Crippen molar-refractivity contribution in [3.63, 3.8) is 0 Å². The average molecular weight is 281 g/mol. The molecule has 0 radical (unpaired) electrons. The molecule has 1 rings (SSSR count). The Balaban J connectivity index is 2.10. The van der Waals surface area contributed by atoms with E-state index in [2.05, 4.69) is 29.5 Å². The Bertz CT molecular complexity index is 364. The van der Waals surface area contributed by atoms with Crippen molar-refractivity contribution >= 4 is 5.91 Å². The number of hydrogen-bond donors (Lipinski definition) is 2. The Morgan fingerprint density at radius 3 is 2.80 bits per heavy atom. The number of nitrogens with zero attached hydrogens (tertiary/aromatic N) is 3. The fourth-order valence-corrected chi connectivity index (χ4v) is 2.25. The molecule has 0 aromatic carbocycles. The molecule has 0 aliphatic heterocycles. The van der Waals surface area contributed by atoms with E-state index in [0.717, 1.165) is 25.8 Å². The Labute approximate surface area is 121 Å². The SMILES string of the molecule is CC(C)C(CCN)CCC(=O)NCCCn1ccnn1. The standard InChI is InChI=1S/C14H27N5O/c1-12(2)13(6-7-15)4-5-14(20)16-8-3-10-19-11-9-17-18-19/h9,11-13H,3-8,10,15H2,1-2H3,(H,16,20). The third-order valence-corrected chi connectivity index (χ3v) is 3.58. The van der Waals surface area contributed by atoms with Crippen LogP contribution in [0.3, 0.4) is 0 Å². The molecule has 114 valence electrons. The summed E-state index contributed by atoms with van der Waals surface area (Å²) in [7, 11) is 0. The number of aromatic nitrogens is 3. The molecule has 1 aromatic rings. The van der Waals surface area contributed by atoms with Crippen molar-refractivity contribution in [2.45, 2.75) is 46.1 Å². The molecule has 1 aromatic heterocycles. The highest BCUT2D eigenvalue weighted by Crippen LogP contribution is 2.20. The molecule has 0 aliphatic rings. The van der Waals surface area contributed by atoms with Crippen molar-refractivity contribution < 1.29 is 4.79 Å². The van der Waals surface area contributed by atoms with Gasteiger partial charge in [0.15, 0.2) is 0 Å². The highest BCUT2D eigenvalue weighted by Gasteiger charge is 2.14. The van der Waals surface area contributed by atoms with E-state index >= 15 is 0 Å². The maximum Gasteiger partial charge on any atom is 0.220 e. The van der Waals surface area contributed by atoms with Gasteiger partial charge < -0.3 is 11.1 Å². The van der Waals surface area contributed by atoms with Gasteiger partial charge in [-0.15, -0.1) is 5.10 Å². The molecular weight excluding hydrogens is 254 g/mol. The fourth-order valence-electron chi connectivity index (χ4n) is 2.25. The van der Waals surface area contributed by atoms with Gasteiger partial charge in [0.1, 0.15) is 0 Å². The van der Waals surface area contributed by atoms with E-state index in [4.69, 9.17) is 5.73 Å². The fraction of sp³-hybridized carbons (Fsp3) is 0.786. The summed E-state index contributed by atoms with van der Waals surface area (Å²) in [6.45, 7) is 6.54. The first kappa shape index (κ1) is 16.6. The van der Waals surface area contributed by atoms with E-state index in [1.54, 1.807) is 10.9 Å². The number of carbonyl (C=O) groups excluding carboxylic acids is 1. The number of hydrogen-bond acceptors (Lipinski definition) is 4. The lowest BCUT2D eigenvalue weighted by Crippen LogP contribution is -2.26. The van der Waals surface area contributed by atoms with Gasteiger partial charge in [-0.25, -0.2) is 0 Å². The van der Waals surface area contributed by atoms with Crippen molar-refractivity contribution in [2.75, 3.05) is 13.1 Å². The quantitative estimate of drug-likeness (QED) is 0.631. The predicted molar refractivity (Wildman–Crippen MR) is 78.9 cm³/mol. The van der Waals surface area contributed by atoms with Gasteiger partial charge in [0.05, 0.1) is 6.20 Å². The lowest BCUT2D eigenvalue weighted by atomic mass is 9.88. The van der Waals surface area contributed by atoms with Crippen LogP contribution < -0.4 is 11.1 Å². The Kier molecular flexibility index (Phi) is 7.87. The zero-order chi connectivity index (χ0) is 14.8. The molecule has 0 fully saturated rings. The number of rotatable bonds is 10. The Morgan fingerprint density at radius 2 is 2.20 bits per heavy atom. The second kappa shape index (κ2) is 9.47. The van der Waals surface area contributed by atoms with Crippen LogP contribution in [0.15, 0.2) is 12.4 Å². The Hall–Kier alpha value is -1.43. The monoisotopic (exact) mass is 281 g/mol. The number of amides is 1. The van der Waals surface area contributed by atoms with E-state index in [0.29, 0.717) is 31.3 Å². The number of nitrogens with two attached hydrogens (primary N) is 1. The molecule has 1 amide bonds. The van der Waals surface area contributed by atoms with Gasteiger partial charge in [0, 0.05) is 25.7 Å². The van der Waals surface area contributed by atoms with Crippen LogP contribution in [0.4, 0.5) is 0 Å². The summed E-state index contributed by atoms with van der Waals surface area (Å²) in [5.41, 5.74) is 5.60. The second-order valence-corrected chi connectivity index (χ2v) is 5.49. The molecule has 0 saturated carbocycles. The lowest BCUT2D eigenvalue weighted by Gasteiger charge is -2.19. The van der Waals surface area contributed by atoms with Crippen molar-refractivity contribution in [1.29, 1.82) is 0 Å². The number of carbonyl (C=O) groups is 1. The topological polar surface area (TPSA) is 85.8 Å². The van der Waals surface area contributed by atoms with Gasteiger partial charge in [-0.1, -0.05) is 19.1 Å². The molecule has 0 saturated heterocycles. The largest absolute Gasteiger partial charge is 0.356 e. The van der Waals surface area contributed by atoms with Crippen molar-refractivity contribution in [3.8, 4) is 0 Å². The summed E-state index contributed by atoms with van der Waals surface area (Å²) in [5, 5.41) is 10.6. The summed E-state index contributed by atoms with van der Waals surface area (Å²) in [5.74, 6) is 1.26. The first-order valence-corrected chi connectivity index (χ1v) is 7.44. The van der Waals surface area contributed by atoms with Crippen LogP contribution in [0.5, 0.6) is 0 Å². The minimum absolute atomic E-state index is 0.131. The van der Waals surface area contributed by atoms with Crippen LogP contribution in [0.2, 0.25) is 0 Å². The van der Waals surface area contributed by atoms with Crippen LogP contribution in [0, 0.1) is 11.8 Å². The molecule has 20 heavy (non-hydrogen) atoms.